The molecule has 0 aliphatic carbocycles. The molecule has 0 amide bonds. The van der Waals surface area contributed by atoms with Crippen LogP contribution in [0.4, 0.5) is 5.82 Å². The van der Waals surface area contributed by atoms with E-state index in [-0.39, 0.29) is 11.9 Å². The molecule has 1 fully saturated rings. The summed E-state index contributed by atoms with van der Waals surface area (Å²) < 4.78 is 4.76. The first-order valence-corrected chi connectivity index (χ1v) is 5.80. The maximum Gasteiger partial charge on any atom is 0.310 e. The lowest BCUT2D eigenvalue weighted by Crippen LogP contribution is -2.40. The Hall–Kier alpha value is -2.16. The molecule has 1 saturated heterocycles. The average molecular weight is 246 g/mol. The Bertz CT molecular complexity index is 483. The Kier molecular flexibility index (Phi) is 3.72. The first-order chi connectivity index (χ1) is 8.76. The van der Waals surface area contributed by atoms with Gasteiger partial charge in [-0.3, -0.25) is 4.79 Å². The van der Waals surface area contributed by atoms with Crippen molar-refractivity contribution >= 4 is 11.8 Å². The highest BCUT2D eigenvalue weighted by atomic mass is 16.5. The molecule has 0 saturated carbocycles. The van der Waals surface area contributed by atoms with E-state index in [4.69, 9.17) is 10.00 Å². The average Bonchev–Trinajstić information content (AvgIpc) is 2.46. The first-order valence-electron chi connectivity index (χ1n) is 5.80. The van der Waals surface area contributed by atoms with Crippen molar-refractivity contribution in [2.75, 3.05) is 25.1 Å². The maximum absolute atomic E-state index is 11.5. The fourth-order valence-corrected chi connectivity index (χ4v) is 2.17. The fourth-order valence-electron chi connectivity index (χ4n) is 2.17. The quantitative estimate of drug-likeness (QED) is 0.716. The number of esters is 1. The van der Waals surface area contributed by atoms with E-state index in [1.807, 2.05) is 11.0 Å². The highest BCUT2D eigenvalue weighted by Gasteiger charge is 2.28. The number of aromatic nitrogens is 2. The van der Waals surface area contributed by atoms with Gasteiger partial charge in [-0.15, -0.1) is 0 Å². The van der Waals surface area contributed by atoms with Gasteiger partial charge in [-0.05, 0) is 12.8 Å². The highest BCUT2D eigenvalue weighted by molar-refractivity contribution is 5.73. The second kappa shape index (κ2) is 5.45. The molecule has 1 aliphatic heterocycles. The van der Waals surface area contributed by atoms with Crippen molar-refractivity contribution in [2.45, 2.75) is 12.8 Å². The van der Waals surface area contributed by atoms with Gasteiger partial charge in [-0.25, -0.2) is 9.97 Å². The molecule has 0 bridgehead atoms. The van der Waals surface area contributed by atoms with Crippen molar-refractivity contribution in [3.8, 4) is 6.07 Å². The van der Waals surface area contributed by atoms with Crippen molar-refractivity contribution in [2.24, 2.45) is 5.92 Å². The van der Waals surface area contributed by atoms with Gasteiger partial charge in [0.25, 0.3) is 0 Å². The van der Waals surface area contributed by atoms with E-state index in [0.717, 1.165) is 19.4 Å². The Morgan fingerprint density at radius 2 is 2.33 bits per heavy atom. The Labute approximate surface area is 105 Å². The number of nitrogens with zero attached hydrogens (tertiary/aromatic N) is 4. The van der Waals surface area contributed by atoms with Crippen molar-refractivity contribution < 1.29 is 9.53 Å². The highest BCUT2D eigenvalue weighted by Crippen LogP contribution is 2.23. The topological polar surface area (TPSA) is 79.1 Å². The third-order valence-electron chi connectivity index (χ3n) is 3.04. The van der Waals surface area contributed by atoms with E-state index in [0.29, 0.717) is 18.1 Å². The molecule has 0 spiro atoms. The third-order valence-corrected chi connectivity index (χ3v) is 3.04. The molecule has 0 radical (unpaired) electrons. The molecule has 18 heavy (non-hydrogen) atoms. The molecule has 6 nitrogen and oxygen atoms in total. The minimum atomic E-state index is -0.206. The van der Waals surface area contributed by atoms with Crippen LogP contribution in [-0.2, 0) is 9.53 Å². The zero-order valence-corrected chi connectivity index (χ0v) is 10.2. The number of piperidine rings is 1. The molecule has 1 aromatic rings. The lowest BCUT2D eigenvalue weighted by Gasteiger charge is -2.32. The predicted molar refractivity (Wildman–Crippen MR) is 63.7 cm³/mol. The number of hydrogen-bond donors (Lipinski definition) is 0. The Morgan fingerprint density at radius 1 is 1.56 bits per heavy atom. The minimum absolute atomic E-state index is 0.155. The van der Waals surface area contributed by atoms with Crippen molar-refractivity contribution in [3.05, 3.63) is 18.1 Å². The van der Waals surface area contributed by atoms with Crippen LogP contribution in [0.1, 0.15) is 18.5 Å². The number of anilines is 1. The van der Waals surface area contributed by atoms with Gasteiger partial charge in [-0.1, -0.05) is 0 Å². The van der Waals surface area contributed by atoms with E-state index in [1.54, 1.807) is 6.20 Å². The van der Waals surface area contributed by atoms with Gasteiger partial charge in [-0.2, -0.15) is 5.26 Å². The number of ether oxygens (including phenoxy) is 1. The second-order valence-electron chi connectivity index (χ2n) is 4.15. The van der Waals surface area contributed by atoms with Gasteiger partial charge in [0.2, 0.25) is 0 Å². The van der Waals surface area contributed by atoms with Gasteiger partial charge in [0.1, 0.15) is 6.07 Å². The number of carbonyl (C=O) groups is 1. The van der Waals surface area contributed by atoms with Crippen LogP contribution in [0.5, 0.6) is 0 Å². The van der Waals surface area contributed by atoms with Crippen LogP contribution in [0.3, 0.4) is 0 Å². The Morgan fingerprint density at radius 3 is 3.06 bits per heavy atom. The molecule has 0 unspecified atom stereocenters. The van der Waals surface area contributed by atoms with Crippen LogP contribution in [-0.4, -0.2) is 36.1 Å². The van der Waals surface area contributed by atoms with Gasteiger partial charge < -0.3 is 9.64 Å². The SMILES string of the molecule is COC(=O)[C@H]1CCCN(c2nccnc2C#N)C1. The number of methoxy groups -OCH3 is 1. The van der Waals surface area contributed by atoms with E-state index in [2.05, 4.69) is 9.97 Å². The normalized spacial score (nSPS) is 19.1. The Balaban J connectivity index is 2.18. The summed E-state index contributed by atoms with van der Waals surface area (Å²) in [7, 11) is 1.39. The zero-order valence-electron chi connectivity index (χ0n) is 10.2. The molecule has 2 rings (SSSR count). The van der Waals surface area contributed by atoms with E-state index >= 15 is 0 Å². The van der Waals surface area contributed by atoms with Crippen LogP contribution in [0.15, 0.2) is 12.4 Å². The summed E-state index contributed by atoms with van der Waals surface area (Å²) in [4.78, 5) is 21.6. The number of hydrogen-bond acceptors (Lipinski definition) is 6. The largest absolute Gasteiger partial charge is 0.469 e. The molecule has 94 valence electrons. The number of rotatable bonds is 2. The third kappa shape index (κ3) is 2.40. The molecule has 1 atom stereocenters. The number of carbonyl (C=O) groups excluding carboxylic acids is 1. The van der Waals surface area contributed by atoms with E-state index in [9.17, 15) is 4.79 Å². The van der Waals surface area contributed by atoms with Gasteiger partial charge in [0, 0.05) is 25.5 Å². The summed E-state index contributed by atoms with van der Waals surface area (Å²) in [6, 6.07) is 2.02. The van der Waals surface area contributed by atoms with Gasteiger partial charge in [0.15, 0.2) is 11.5 Å². The van der Waals surface area contributed by atoms with Crippen LogP contribution in [0.25, 0.3) is 0 Å². The molecule has 1 aromatic heterocycles. The monoisotopic (exact) mass is 246 g/mol. The molecule has 6 heteroatoms. The molecule has 2 heterocycles. The van der Waals surface area contributed by atoms with Crippen LogP contribution < -0.4 is 4.90 Å². The second-order valence-corrected chi connectivity index (χ2v) is 4.15. The maximum atomic E-state index is 11.5. The van der Waals surface area contributed by atoms with Crippen molar-refractivity contribution in [1.29, 1.82) is 5.26 Å². The van der Waals surface area contributed by atoms with Gasteiger partial charge in [0.05, 0.1) is 13.0 Å². The lowest BCUT2D eigenvalue weighted by molar-refractivity contribution is -0.145. The van der Waals surface area contributed by atoms with Crippen LogP contribution in [0.2, 0.25) is 0 Å². The van der Waals surface area contributed by atoms with E-state index in [1.165, 1.54) is 13.3 Å². The van der Waals surface area contributed by atoms with Crippen LogP contribution in [0, 0.1) is 17.2 Å². The summed E-state index contributed by atoms with van der Waals surface area (Å²) in [5.41, 5.74) is 0.294. The summed E-state index contributed by atoms with van der Waals surface area (Å²) in [6.07, 6.45) is 4.73. The molecule has 0 N–H and O–H groups in total. The summed E-state index contributed by atoms with van der Waals surface area (Å²) in [5.74, 6) is 0.188. The van der Waals surface area contributed by atoms with Crippen LogP contribution >= 0.6 is 0 Å². The summed E-state index contributed by atoms with van der Waals surface area (Å²) in [5, 5.41) is 9.00. The molecule has 0 aromatic carbocycles. The zero-order chi connectivity index (χ0) is 13.0. The van der Waals surface area contributed by atoms with Crippen molar-refractivity contribution in [1.82, 2.24) is 9.97 Å². The summed E-state index contributed by atoms with van der Waals surface area (Å²) >= 11 is 0. The summed E-state index contributed by atoms with van der Waals surface area (Å²) in [6.45, 7) is 1.31. The molecular formula is C12H14N4O2. The smallest absolute Gasteiger partial charge is 0.310 e. The van der Waals surface area contributed by atoms with Gasteiger partial charge >= 0.3 is 5.97 Å². The molecular weight excluding hydrogens is 232 g/mol. The number of nitriles is 1. The minimum Gasteiger partial charge on any atom is -0.469 e. The van der Waals surface area contributed by atoms with Crippen molar-refractivity contribution in [3.63, 3.8) is 0 Å². The standard InChI is InChI=1S/C12H14N4O2/c1-18-12(17)9-3-2-6-16(8-9)11-10(7-13)14-4-5-15-11/h4-5,9H,2-3,6,8H2,1H3/t9-/m0/s1. The van der Waals surface area contributed by atoms with E-state index < -0.39 is 0 Å². The predicted octanol–water partition coefficient (Wildman–Crippen LogP) is 0.738. The lowest BCUT2D eigenvalue weighted by atomic mass is 9.98. The fraction of sp³-hybridized carbons (Fsp3) is 0.500. The molecule has 1 aliphatic rings. The first kappa shape index (κ1) is 12.3.